The quantitative estimate of drug-likeness (QED) is 0.331. The van der Waals surface area contributed by atoms with Crippen molar-refractivity contribution in [2.24, 2.45) is 4.99 Å². The molecule has 1 amide bonds. The van der Waals surface area contributed by atoms with Crippen LogP contribution in [0, 0.1) is 0 Å². The Hall–Kier alpha value is -3.90. The zero-order valence-electron chi connectivity index (χ0n) is 19.8. The number of benzene rings is 3. The van der Waals surface area contributed by atoms with Crippen molar-refractivity contribution in [3.8, 4) is 5.88 Å². The van der Waals surface area contributed by atoms with Crippen molar-refractivity contribution in [2.45, 2.75) is 13.3 Å². The van der Waals surface area contributed by atoms with Gasteiger partial charge in [-0.15, -0.1) is 0 Å². The minimum atomic E-state index is -0.147. The van der Waals surface area contributed by atoms with E-state index in [1.165, 1.54) is 5.56 Å². The van der Waals surface area contributed by atoms with Gasteiger partial charge in [0.05, 0.1) is 17.0 Å². The highest BCUT2D eigenvalue weighted by Crippen LogP contribution is 2.32. The van der Waals surface area contributed by atoms with Gasteiger partial charge >= 0.3 is 0 Å². The van der Waals surface area contributed by atoms with E-state index in [0.29, 0.717) is 28.9 Å². The predicted molar refractivity (Wildman–Crippen MR) is 138 cm³/mol. The van der Waals surface area contributed by atoms with Crippen LogP contribution >= 0.6 is 0 Å². The zero-order chi connectivity index (χ0) is 24.1. The predicted octanol–water partition coefficient (Wildman–Crippen LogP) is 4.90. The highest BCUT2D eigenvalue weighted by molar-refractivity contribution is 6.22. The first-order valence-corrected chi connectivity index (χ1v) is 11.5. The molecule has 3 aromatic carbocycles. The highest BCUT2D eigenvalue weighted by Gasteiger charge is 2.19. The molecule has 0 bridgehead atoms. The Labute approximate surface area is 200 Å². The molecular formula is C28H30N4O2. The number of aromatic nitrogens is 1. The molecule has 3 N–H and O–H groups in total. The van der Waals surface area contributed by atoms with Crippen LogP contribution in [0.5, 0.6) is 5.88 Å². The number of H-pyrrole nitrogens is 1. The summed E-state index contributed by atoms with van der Waals surface area (Å²) >= 11 is 0. The van der Waals surface area contributed by atoms with Crippen LogP contribution in [0.3, 0.4) is 0 Å². The number of aromatic hydroxyl groups is 1. The first-order valence-electron chi connectivity index (χ1n) is 11.5. The molecule has 0 radical (unpaired) electrons. The molecule has 1 aromatic heterocycles. The topological polar surface area (TPSA) is 80.7 Å². The first-order chi connectivity index (χ1) is 16.5. The van der Waals surface area contributed by atoms with E-state index in [0.717, 1.165) is 29.6 Å². The lowest BCUT2D eigenvalue weighted by Crippen LogP contribution is -2.22. The summed E-state index contributed by atoms with van der Waals surface area (Å²) in [5, 5.41) is 14.5. The first kappa shape index (κ1) is 23.3. The summed E-state index contributed by atoms with van der Waals surface area (Å²) in [6, 6.07) is 23.4. The van der Waals surface area contributed by atoms with E-state index >= 15 is 0 Å². The number of likely N-dealkylation sites (N-methyl/N-ethyl adjacent to an activating group) is 1. The lowest BCUT2D eigenvalue weighted by molar-refractivity contribution is 0.0956. The van der Waals surface area contributed by atoms with Gasteiger partial charge in [0, 0.05) is 35.1 Å². The Morgan fingerprint density at radius 1 is 1.00 bits per heavy atom. The van der Waals surface area contributed by atoms with Gasteiger partial charge in [0.1, 0.15) is 0 Å². The molecule has 6 heteroatoms. The van der Waals surface area contributed by atoms with Gasteiger partial charge in [-0.05, 0) is 57.3 Å². The van der Waals surface area contributed by atoms with Crippen molar-refractivity contribution in [1.82, 2.24) is 15.2 Å². The summed E-state index contributed by atoms with van der Waals surface area (Å²) in [6.45, 7) is 3.42. The fourth-order valence-electron chi connectivity index (χ4n) is 3.91. The van der Waals surface area contributed by atoms with Gasteiger partial charge in [0.2, 0.25) is 0 Å². The molecule has 0 aliphatic rings. The maximum atomic E-state index is 12.3. The van der Waals surface area contributed by atoms with Crippen LogP contribution in [-0.2, 0) is 6.42 Å². The molecule has 0 atom stereocenters. The number of aromatic amines is 1. The van der Waals surface area contributed by atoms with Crippen LogP contribution in [-0.4, -0.2) is 53.8 Å². The van der Waals surface area contributed by atoms with Crippen molar-refractivity contribution >= 4 is 28.2 Å². The molecule has 0 fully saturated rings. The van der Waals surface area contributed by atoms with E-state index in [2.05, 4.69) is 41.4 Å². The van der Waals surface area contributed by atoms with Crippen molar-refractivity contribution in [2.75, 3.05) is 27.2 Å². The Kier molecular flexibility index (Phi) is 7.09. The number of hydrogen-bond acceptors (Lipinski definition) is 4. The van der Waals surface area contributed by atoms with Crippen molar-refractivity contribution in [3.05, 3.63) is 95.1 Å². The van der Waals surface area contributed by atoms with Gasteiger partial charge in [-0.3, -0.25) is 4.79 Å². The van der Waals surface area contributed by atoms with E-state index in [9.17, 15) is 9.90 Å². The molecule has 0 saturated heterocycles. The molecule has 0 saturated carbocycles. The van der Waals surface area contributed by atoms with Gasteiger partial charge in [-0.25, -0.2) is 4.99 Å². The fraction of sp³-hybridized carbons (Fsp3) is 0.214. The molecular weight excluding hydrogens is 424 g/mol. The summed E-state index contributed by atoms with van der Waals surface area (Å²) in [6.07, 6.45) is 0.972. The van der Waals surface area contributed by atoms with Crippen molar-refractivity contribution < 1.29 is 9.90 Å². The molecule has 4 rings (SSSR count). The van der Waals surface area contributed by atoms with Crippen LogP contribution in [0.25, 0.3) is 10.9 Å². The summed E-state index contributed by atoms with van der Waals surface area (Å²) in [5.41, 5.74) is 5.44. The van der Waals surface area contributed by atoms with Crippen LogP contribution < -0.4 is 5.32 Å². The monoisotopic (exact) mass is 454 g/mol. The third kappa shape index (κ3) is 5.18. The third-order valence-electron chi connectivity index (χ3n) is 5.69. The Balaban J connectivity index is 1.78. The van der Waals surface area contributed by atoms with E-state index < -0.39 is 0 Å². The molecule has 0 unspecified atom stereocenters. The number of amides is 1. The second-order valence-electron chi connectivity index (χ2n) is 8.51. The number of nitrogens with zero attached hydrogens (tertiary/aromatic N) is 2. The summed E-state index contributed by atoms with van der Waals surface area (Å²) < 4.78 is 0. The van der Waals surface area contributed by atoms with Crippen LogP contribution in [0.4, 0.5) is 5.69 Å². The average molecular weight is 455 g/mol. The molecule has 34 heavy (non-hydrogen) atoms. The number of aliphatic imine (C=N–C) groups is 1. The molecule has 6 nitrogen and oxygen atoms in total. The van der Waals surface area contributed by atoms with Gasteiger partial charge in [0.25, 0.3) is 5.91 Å². The van der Waals surface area contributed by atoms with Crippen molar-refractivity contribution in [1.29, 1.82) is 0 Å². The Bertz CT molecular complexity index is 1310. The van der Waals surface area contributed by atoms with Crippen LogP contribution in [0.1, 0.15) is 34.0 Å². The smallest absolute Gasteiger partial charge is 0.251 e. The second-order valence-corrected chi connectivity index (χ2v) is 8.51. The molecule has 1 heterocycles. The number of rotatable bonds is 8. The maximum absolute atomic E-state index is 12.3. The fourth-order valence-corrected chi connectivity index (χ4v) is 3.91. The van der Waals surface area contributed by atoms with Gasteiger partial charge in [0.15, 0.2) is 5.88 Å². The Morgan fingerprint density at radius 3 is 2.41 bits per heavy atom. The normalized spacial score (nSPS) is 11.8. The van der Waals surface area contributed by atoms with E-state index in [1.54, 1.807) is 12.1 Å². The number of nitrogens with one attached hydrogen (secondary N) is 2. The van der Waals surface area contributed by atoms with Crippen LogP contribution in [0.15, 0.2) is 77.8 Å². The van der Waals surface area contributed by atoms with Gasteiger partial charge in [-0.2, -0.15) is 0 Å². The van der Waals surface area contributed by atoms with Crippen molar-refractivity contribution in [3.63, 3.8) is 0 Å². The standard InChI is InChI=1S/C28H30N4O2/c1-4-29-27(33)21-12-15-23-24(18-21)31-28(34)25(23)26(20-8-6-5-7-9-20)30-22-13-10-19(11-14-22)16-17-32(2)3/h5-15,18,31,34H,4,16-17H2,1-3H3,(H,29,33). The summed E-state index contributed by atoms with van der Waals surface area (Å²) in [5.74, 6) is -0.125. The lowest BCUT2D eigenvalue weighted by atomic mass is 10.00. The number of carbonyl (C=O) groups excluding carboxylic acids is 1. The number of hydrogen-bond donors (Lipinski definition) is 3. The van der Waals surface area contributed by atoms with E-state index in [4.69, 9.17) is 4.99 Å². The van der Waals surface area contributed by atoms with Crippen LogP contribution in [0.2, 0.25) is 0 Å². The summed E-state index contributed by atoms with van der Waals surface area (Å²) in [4.78, 5) is 22.4. The maximum Gasteiger partial charge on any atom is 0.251 e. The third-order valence-corrected chi connectivity index (χ3v) is 5.69. The lowest BCUT2D eigenvalue weighted by Gasteiger charge is -2.10. The minimum Gasteiger partial charge on any atom is -0.494 e. The zero-order valence-corrected chi connectivity index (χ0v) is 19.8. The van der Waals surface area contributed by atoms with Gasteiger partial charge in [-0.1, -0.05) is 48.5 Å². The molecule has 0 aliphatic heterocycles. The van der Waals surface area contributed by atoms with Gasteiger partial charge < -0.3 is 20.3 Å². The van der Waals surface area contributed by atoms with E-state index in [1.807, 2.05) is 55.5 Å². The molecule has 0 spiro atoms. The largest absolute Gasteiger partial charge is 0.494 e. The molecule has 0 aliphatic carbocycles. The van der Waals surface area contributed by atoms with E-state index in [-0.39, 0.29) is 11.8 Å². The average Bonchev–Trinajstić information content (AvgIpc) is 3.17. The highest BCUT2D eigenvalue weighted by atomic mass is 16.3. The number of fused-ring (bicyclic) bond motifs is 1. The molecule has 174 valence electrons. The number of carbonyl (C=O) groups is 1. The SMILES string of the molecule is CCNC(=O)c1ccc2c(C(=Nc3ccc(CCN(C)C)cc3)c3ccccc3)c(O)[nH]c2c1. The summed E-state index contributed by atoms with van der Waals surface area (Å²) in [7, 11) is 4.13. The minimum absolute atomic E-state index is 0.0215. The molecule has 4 aromatic rings. The second kappa shape index (κ2) is 10.4. The Morgan fingerprint density at radius 2 is 1.74 bits per heavy atom.